The van der Waals surface area contributed by atoms with Crippen LogP contribution in [0, 0.1) is 0 Å². The third-order valence-electron chi connectivity index (χ3n) is 3.75. The highest BCUT2D eigenvalue weighted by Gasteiger charge is 2.23. The normalized spacial score (nSPS) is 15.4. The summed E-state index contributed by atoms with van der Waals surface area (Å²) in [6.07, 6.45) is 0.781. The number of thiazole rings is 1. The van der Waals surface area contributed by atoms with Crippen molar-refractivity contribution < 1.29 is 9.59 Å². The first-order valence-corrected chi connectivity index (χ1v) is 8.32. The van der Waals surface area contributed by atoms with Crippen LogP contribution in [-0.2, 0) is 4.79 Å². The average molecular weight is 330 g/mol. The van der Waals surface area contributed by atoms with E-state index in [9.17, 15) is 9.59 Å². The fraction of sp³-hybridized carbons (Fsp3) is 0.312. The minimum Gasteiger partial charge on any atom is -0.344 e. The molecule has 1 saturated heterocycles. The van der Waals surface area contributed by atoms with Crippen LogP contribution in [0.4, 0.5) is 9.93 Å². The molecular formula is C16H18N4O2S. The van der Waals surface area contributed by atoms with Gasteiger partial charge in [0.1, 0.15) is 6.54 Å². The fourth-order valence-electron chi connectivity index (χ4n) is 2.40. The molecule has 0 bridgehead atoms. The van der Waals surface area contributed by atoms with Gasteiger partial charge in [0.15, 0.2) is 5.13 Å². The van der Waals surface area contributed by atoms with Crippen molar-refractivity contribution in [2.45, 2.75) is 6.42 Å². The lowest BCUT2D eigenvalue weighted by Crippen LogP contribution is -2.40. The molecular weight excluding hydrogens is 312 g/mol. The molecule has 0 saturated carbocycles. The molecule has 3 amide bonds. The summed E-state index contributed by atoms with van der Waals surface area (Å²) in [7, 11) is 1.76. The molecule has 0 atom stereocenters. The molecule has 2 aromatic rings. The Balaban J connectivity index is 1.66. The summed E-state index contributed by atoms with van der Waals surface area (Å²) in [4.78, 5) is 31.8. The van der Waals surface area contributed by atoms with Crippen molar-refractivity contribution in [1.82, 2.24) is 14.8 Å². The number of nitrogens with one attached hydrogen (secondary N) is 1. The smallest absolute Gasteiger partial charge is 0.324 e. The van der Waals surface area contributed by atoms with Crippen molar-refractivity contribution in [1.29, 1.82) is 0 Å². The average Bonchev–Trinajstić information content (AvgIpc) is 2.95. The molecule has 2 heterocycles. The van der Waals surface area contributed by atoms with Gasteiger partial charge in [-0.2, -0.15) is 0 Å². The van der Waals surface area contributed by atoms with E-state index in [-0.39, 0.29) is 18.5 Å². The Morgan fingerprint density at radius 2 is 2.04 bits per heavy atom. The predicted molar refractivity (Wildman–Crippen MR) is 90.4 cm³/mol. The number of carbonyl (C=O) groups excluding carboxylic acids is 2. The van der Waals surface area contributed by atoms with Gasteiger partial charge in [-0.15, -0.1) is 11.3 Å². The number of hydrogen-bond donors (Lipinski definition) is 1. The molecule has 0 unspecified atom stereocenters. The van der Waals surface area contributed by atoms with Gasteiger partial charge in [-0.05, 0) is 6.42 Å². The molecule has 0 radical (unpaired) electrons. The van der Waals surface area contributed by atoms with Crippen molar-refractivity contribution in [3.05, 3.63) is 35.7 Å². The molecule has 23 heavy (non-hydrogen) atoms. The number of anilines is 1. The number of aromatic nitrogens is 1. The van der Waals surface area contributed by atoms with Gasteiger partial charge in [0.05, 0.1) is 5.69 Å². The summed E-state index contributed by atoms with van der Waals surface area (Å²) in [6, 6.07) is 9.53. The van der Waals surface area contributed by atoms with Crippen LogP contribution in [0.1, 0.15) is 6.42 Å². The molecule has 1 aliphatic heterocycles. The van der Waals surface area contributed by atoms with Crippen molar-refractivity contribution in [2.75, 3.05) is 32.0 Å². The standard InChI is InChI=1S/C16H18N4O2S/c1-19-8-5-9-20(10-14(19)21)16(22)18-15-17-13(11-23-15)12-6-3-2-4-7-12/h2-4,6-7,11H,5,8-10H2,1H3,(H,17,18,22). The number of hydrogen-bond acceptors (Lipinski definition) is 4. The van der Waals surface area contributed by atoms with E-state index >= 15 is 0 Å². The summed E-state index contributed by atoms with van der Waals surface area (Å²) >= 11 is 1.38. The minimum absolute atomic E-state index is 0.0400. The van der Waals surface area contributed by atoms with E-state index in [1.54, 1.807) is 11.9 Å². The second kappa shape index (κ2) is 6.78. The summed E-state index contributed by atoms with van der Waals surface area (Å²) < 4.78 is 0. The lowest BCUT2D eigenvalue weighted by atomic mass is 10.2. The van der Waals surface area contributed by atoms with Crippen molar-refractivity contribution in [2.24, 2.45) is 0 Å². The van der Waals surface area contributed by atoms with Gasteiger partial charge in [0.25, 0.3) is 0 Å². The number of benzene rings is 1. The topological polar surface area (TPSA) is 65.5 Å². The van der Waals surface area contributed by atoms with Gasteiger partial charge < -0.3 is 9.80 Å². The Kier molecular flexibility index (Phi) is 4.57. The molecule has 3 rings (SSSR count). The highest BCUT2D eigenvalue weighted by Crippen LogP contribution is 2.24. The van der Waals surface area contributed by atoms with E-state index in [4.69, 9.17) is 0 Å². The molecule has 120 valence electrons. The molecule has 0 aliphatic carbocycles. The number of amides is 3. The van der Waals surface area contributed by atoms with Gasteiger partial charge >= 0.3 is 6.03 Å². The number of likely N-dealkylation sites (N-methyl/N-ethyl adjacent to an activating group) is 1. The number of carbonyl (C=O) groups is 2. The van der Waals surface area contributed by atoms with E-state index < -0.39 is 0 Å². The molecule has 1 aliphatic rings. The summed E-state index contributed by atoms with van der Waals surface area (Å²) in [6.45, 7) is 1.36. The molecule has 1 N–H and O–H groups in total. The maximum atomic E-state index is 12.3. The number of rotatable bonds is 2. The fourth-order valence-corrected chi connectivity index (χ4v) is 3.11. The summed E-state index contributed by atoms with van der Waals surface area (Å²) in [5.74, 6) is -0.0400. The lowest BCUT2D eigenvalue weighted by Gasteiger charge is -2.19. The zero-order chi connectivity index (χ0) is 16.2. The summed E-state index contributed by atoms with van der Waals surface area (Å²) in [5.41, 5.74) is 1.84. The van der Waals surface area contributed by atoms with Gasteiger partial charge in [-0.3, -0.25) is 10.1 Å². The largest absolute Gasteiger partial charge is 0.344 e. The van der Waals surface area contributed by atoms with Crippen LogP contribution in [0.25, 0.3) is 11.3 Å². The van der Waals surface area contributed by atoms with Crippen LogP contribution in [0.2, 0.25) is 0 Å². The first-order valence-electron chi connectivity index (χ1n) is 7.44. The van der Waals surface area contributed by atoms with E-state index in [1.165, 1.54) is 16.2 Å². The number of urea groups is 1. The van der Waals surface area contributed by atoms with E-state index in [1.807, 2.05) is 35.7 Å². The minimum atomic E-state index is -0.275. The maximum Gasteiger partial charge on any atom is 0.324 e. The summed E-state index contributed by atoms with van der Waals surface area (Å²) in [5, 5.41) is 5.24. The van der Waals surface area contributed by atoms with Crippen molar-refractivity contribution in [3.8, 4) is 11.3 Å². The Labute approximate surface area is 138 Å². The first kappa shape index (κ1) is 15.5. The van der Waals surface area contributed by atoms with Gasteiger partial charge in [0.2, 0.25) is 5.91 Å². The van der Waals surface area contributed by atoms with Crippen LogP contribution in [0.3, 0.4) is 0 Å². The molecule has 1 aromatic heterocycles. The van der Waals surface area contributed by atoms with E-state index in [2.05, 4.69) is 10.3 Å². The van der Waals surface area contributed by atoms with Gasteiger partial charge in [0, 0.05) is 31.1 Å². The van der Waals surface area contributed by atoms with Crippen LogP contribution < -0.4 is 5.32 Å². The van der Waals surface area contributed by atoms with E-state index in [0.29, 0.717) is 18.2 Å². The van der Waals surface area contributed by atoms with Gasteiger partial charge in [-0.1, -0.05) is 30.3 Å². The van der Waals surface area contributed by atoms with Crippen LogP contribution >= 0.6 is 11.3 Å². The SMILES string of the molecule is CN1CCCN(C(=O)Nc2nc(-c3ccccc3)cs2)CC1=O. The van der Waals surface area contributed by atoms with Gasteiger partial charge in [-0.25, -0.2) is 9.78 Å². The highest BCUT2D eigenvalue weighted by molar-refractivity contribution is 7.14. The van der Waals surface area contributed by atoms with Crippen molar-refractivity contribution in [3.63, 3.8) is 0 Å². The third kappa shape index (κ3) is 3.68. The van der Waals surface area contributed by atoms with Crippen LogP contribution in [0.5, 0.6) is 0 Å². The lowest BCUT2D eigenvalue weighted by molar-refractivity contribution is -0.129. The molecule has 7 heteroatoms. The predicted octanol–water partition coefficient (Wildman–Crippen LogP) is 2.51. The quantitative estimate of drug-likeness (QED) is 0.920. The second-order valence-electron chi connectivity index (χ2n) is 5.42. The Bertz CT molecular complexity index is 701. The Hall–Kier alpha value is -2.41. The van der Waals surface area contributed by atoms with Crippen molar-refractivity contribution >= 4 is 28.4 Å². The molecule has 1 aromatic carbocycles. The molecule has 6 nitrogen and oxygen atoms in total. The van der Waals surface area contributed by atoms with E-state index in [0.717, 1.165) is 17.7 Å². The number of nitrogens with zero attached hydrogens (tertiary/aromatic N) is 3. The highest BCUT2D eigenvalue weighted by atomic mass is 32.1. The zero-order valence-electron chi connectivity index (χ0n) is 12.9. The Morgan fingerprint density at radius 1 is 1.26 bits per heavy atom. The van der Waals surface area contributed by atoms with Crippen LogP contribution in [0.15, 0.2) is 35.7 Å². The molecule has 0 spiro atoms. The second-order valence-corrected chi connectivity index (χ2v) is 6.28. The molecule has 1 fully saturated rings. The maximum absolute atomic E-state index is 12.3. The first-order chi connectivity index (χ1) is 11.1. The monoisotopic (exact) mass is 330 g/mol. The zero-order valence-corrected chi connectivity index (χ0v) is 13.7. The van der Waals surface area contributed by atoms with Crippen LogP contribution in [-0.4, -0.2) is 53.4 Å². The third-order valence-corrected chi connectivity index (χ3v) is 4.51. The Morgan fingerprint density at radius 3 is 2.83 bits per heavy atom.